The Balaban J connectivity index is 2.04. The summed E-state index contributed by atoms with van der Waals surface area (Å²) in [5.74, 6) is 2.53. The summed E-state index contributed by atoms with van der Waals surface area (Å²) in [4.78, 5) is 0. The fourth-order valence-corrected chi connectivity index (χ4v) is 3.71. The lowest BCUT2D eigenvalue weighted by molar-refractivity contribution is -0.0564. The molecule has 1 N–H and O–H groups in total. The lowest BCUT2D eigenvalue weighted by atomic mass is 9.54. The fourth-order valence-electron chi connectivity index (χ4n) is 3.71. The smallest absolute Gasteiger partial charge is 0.0169 e. The summed E-state index contributed by atoms with van der Waals surface area (Å²) in [6.07, 6.45) is 4.45. The molecule has 0 amide bonds. The van der Waals surface area contributed by atoms with Crippen LogP contribution in [0.4, 0.5) is 0 Å². The lowest BCUT2D eigenvalue weighted by Crippen LogP contribution is -2.69. The Bertz CT molecular complexity index is 190. The third-order valence-corrected chi connectivity index (χ3v) is 4.61. The number of rotatable bonds is 3. The monoisotopic (exact) mass is 195 g/mol. The standard InChI is InChI=1S/C13H25N/c1-9(2)11(10(3)4)12-13(8-14-12)6-5-7-13/h9-12,14H,5-8H2,1-4H3. The second-order valence-electron chi connectivity index (χ2n) is 6.14. The highest BCUT2D eigenvalue weighted by Gasteiger charge is 2.54. The summed E-state index contributed by atoms with van der Waals surface area (Å²) in [5.41, 5.74) is 0.735. The molecule has 0 aromatic carbocycles. The van der Waals surface area contributed by atoms with Crippen LogP contribution in [-0.2, 0) is 0 Å². The van der Waals surface area contributed by atoms with E-state index < -0.39 is 0 Å². The van der Waals surface area contributed by atoms with Crippen molar-refractivity contribution in [1.29, 1.82) is 0 Å². The molecule has 2 fully saturated rings. The van der Waals surface area contributed by atoms with Gasteiger partial charge in [0.2, 0.25) is 0 Å². The van der Waals surface area contributed by atoms with Crippen molar-refractivity contribution < 1.29 is 0 Å². The van der Waals surface area contributed by atoms with Crippen molar-refractivity contribution in [2.75, 3.05) is 6.54 Å². The molecule has 1 heteroatoms. The summed E-state index contributed by atoms with van der Waals surface area (Å²) >= 11 is 0. The Morgan fingerprint density at radius 3 is 1.86 bits per heavy atom. The van der Waals surface area contributed by atoms with Crippen LogP contribution in [-0.4, -0.2) is 12.6 Å². The van der Waals surface area contributed by atoms with Crippen LogP contribution in [0, 0.1) is 23.2 Å². The zero-order valence-corrected chi connectivity index (χ0v) is 10.1. The Morgan fingerprint density at radius 2 is 1.64 bits per heavy atom. The third kappa shape index (κ3) is 1.41. The summed E-state index contributed by atoms with van der Waals surface area (Å²) in [5, 5.41) is 3.70. The minimum absolute atomic E-state index is 0.735. The van der Waals surface area contributed by atoms with Crippen LogP contribution in [0.25, 0.3) is 0 Å². The third-order valence-electron chi connectivity index (χ3n) is 4.61. The molecule has 82 valence electrons. The van der Waals surface area contributed by atoms with E-state index in [1.165, 1.54) is 25.8 Å². The van der Waals surface area contributed by atoms with E-state index in [-0.39, 0.29) is 0 Å². The average molecular weight is 195 g/mol. The molecule has 14 heavy (non-hydrogen) atoms. The summed E-state index contributed by atoms with van der Waals surface area (Å²) in [6, 6.07) is 0.830. The van der Waals surface area contributed by atoms with Gasteiger partial charge in [-0.1, -0.05) is 34.1 Å². The maximum Gasteiger partial charge on any atom is 0.0169 e. The summed E-state index contributed by atoms with van der Waals surface area (Å²) in [7, 11) is 0. The molecular formula is C13H25N. The van der Waals surface area contributed by atoms with Gasteiger partial charge in [-0.3, -0.25) is 0 Å². The first-order valence-corrected chi connectivity index (χ1v) is 6.30. The predicted octanol–water partition coefficient (Wildman–Crippen LogP) is 3.06. The molecule has 1 spiro atoms. The van der Waals surface area contributed by atoms with E-state index in [0.717, 1.165) is 29.2 Å². The fraction of sp³-hybridized carbons (Fsp3) is 1.00. The molecule has 1 atom stereocenters. The van der Waals surface area contributed by atoms with Crippen LogP contribution in [0.2, 0.25) is 0 Å². The van der Waals surface area contributed by atoms with Crippen LogP contribution < -0.4 is 5.32 Å². The second kappa shape index (κ2) is 3.52. The van der Waals surface area contributed by atoms with Gasteiger partial charge in [-0.15, -0.1) is 0 Å². The van der Waals surface area contributed by atoms with Gasteiger partial charge in [0.05, 0.1) is 0 Å². The highest BCUT2D eigenvalue weighted by molar-refractivity contribution is 5.09. The zero-order chi connectivity index (χ0) is 10.3. The van der Waals surface area contributed by atoms with E-state index in [0.29, 0.717) is 0 Å². The molecular weight excluding hydrogens is 170 g/mol. The summed E-state index contributed by atoms with van der Waals surface area (Å²) < 4.78 is 0. The van der Waals surface area contributed by atoms with Crippen LogP contribution in [0.1, 0.15) is 47.0 Å². The molecule has 1 saturated heterocycles. The molecule has 1 heterocycles. The van der Waals surface area contributed by atoms with Crippen LogP contribution in [0.5, 0.6) is 0 Å². The Hall–Kier alpha value is -0.0400. The van der Waals surface area contributed by atoms with E-state index in [9.17, 15) is 0 Å². The highest BCUT2D eigenvalue weighted by atomic mass is 15.1. The van der Waals surface area contributed by atoms with Crippen molar-refractivity contribution in [2.45, 2.75) is 53.0 Å². The van der Waals surface area contributed by atoms with Gasteiger partial charge in [-0.2, -0.15) is 0 Å². The topological polar surface area (TPSA) is 12.0 Å². The molecule has 1 unspecified atom stereocenters. The quantitative estimate of drug-likeness (QED) is 0.730. The first-order chi connectivity index (χ1) is 6.57. The van der Waals surface area contributed by atoms with Gasteiger partial charge in [0, 0.05) is 12.6 Å². The largest absolute Gasteiger partial charge is 0.312 e. The minimum atomic E-state index is 0.735. The highest BCUT2D eigenvalue weighted by Crippen LogP contribution is 2.52. The maximum atomic E-state index is 3.70. The second-order valence-corrected chi connectivity index (χ2v) is 6.14. The molecule has 1 aliphatic heterocycles. The Labute approximate surface area is 88.7 Å². The number of nitrogens with one attached hydrogen (secondary N) is 1. The molecule has 2 aliphatic rings. The van der Waals surface area contributed by atoms with Gasteiger partial charge < -0.3 is 5.32 Å². The van der Waals surface area contributed by atoms with Crippen LogP contribution >= 0.6 is 0 Å². The average Bonchev–Trinajstić information content (AvgIpc) is 1.92. The van der Waals surface area contributed by atoms with E-state index >= 15 is 0 Å². The molecule has 1 nitrogen and oxygen atoms in total. The minimum Gasteiger partial charge on any atom is -0.312 e. The van der Waals surface area contributed by atoms with E-state index in [4.69, 9.17) is 0 Å². The van der Waals surface area contributed by atoms with Crippen molar-refractivity contribution in [3.8, 4) is 0 Å². The number of hydrogen-bond donors (Lipinski definition) is 1. The molecule has 1 aliphatic carbocycles. The van der Waals surface area contributed by atoms with Gasteiger partial charge in [0.15, 0.2) is 0 Å². The van der Waals surface area contributed by atoms with Crippen LogP contribution in [0.15, 0.2) is 0 Å². The Morgan fingerprint density at radius 1 is 1.07 bits per heavy atom. The van der Waals surface area contributed by atoms with E-state index in [1.807, 2.05) is 0 Å². The van der Waals surface area contributed by atoms with Crippen molar-refractivity contribution in [1.82, 2.24) is 5.32 Å². The van der Waals surface area contributed by atoms with E-state index in [2.05, 4.69) is 33.0 Å². The first kappa shape index (κ1) is 10.5. The molecule has 1 saturated carbocycles. The van der Waals surface area contributed by atoms with Crippen molar-refractivity contribution in [3.63, 3.8) is 0 Å². The lowest BCUT2D eigenvalue weighted by Gasteiger charge is -2.60. The number of hydrogen-bond acceptors (Lipinski definition) is 1. The van der Waals surface area contributed by atoms with Crippen molar-refractivity contribution >= 4 is 0 Å². The van der Waals surface area contributed by atoms with Gasteiger partial charge in [-0.05, 0) is 36.0 Å². The van der Waals surface area contributed by atoms with Crippen molar-refractivity contribution in [3.05, 3.63) is 0 Å². The molecule has 2 rings (SSSR count). The summed E-state index contributed by atoms with van der Waals surface area (Å²) in [6.45, 7) is 10.8. The van der Waals surface area contributed by atoms with Gasteiger partial charge in [-0.25, -0.2) is 0 Å². The van der Waals surface area contributed by atoms with Crippen molar-refractivity contribution in [2.24, 2.45) is 23.2 Å². The maximum absolute atomic E-state index is 3.70. The van der Waals surface area contributed by atoms with Crippen LogP contribution in [0.3, 0.4) is 0 Å². The van der Waals surface area contributed by atoms with Gasteiger partial charge in [0.1, 0.15) is 0 Å². The Kier molecular flexibility index (Phi) is 2.63. The molecule has 0 bridgehead atoms. The normalized spacial score (nSPS) is 29.8. The van der Waals surface area contributed by atoms with E-state index in [1.54, 1.807) is 0 Å². The molecule has 0 aromatic heterocycles. The predicted molar refractivity (Wildman–Crippen MR) is 61.2 cm³/mol. The zero-order valence-electron chi connectivity index (χ0n) is 10.1. The van der Waals surface area contributed by atoms with Gasteiger partial charge >= 0.3 is 0 Å². The SMILES string of the molecule is CC(C)C(C(C)C)C1NCC12CCC2. The molecule has 0 aromatic rings. The molecule has 0 radical (unpaired) electrons. The van der Waals surface area contributed by atoms with Gasteiger partial charge in [0.25, 0.3) is 0 Å². The first-order valence-electron chi connectivity index (χ1n) is 6.30.